The third-order valence-corrected chi connectivity index (χ3v) is 6.17. The van der Waals surface area contributed by atoms with Crippen LogP contribution in [-0.2, 0) is 4.79 Å². The summed E-state index contributed by atoms with van der Waals surface area (Å²) in [6.45, 7) is 6.10. The lowest BCUT2D eigenvalue weighted by Crippen LogP contribution is -2.19. The van der Waals surface area contributed by atoms with Crippen LogP contribution in [0.1, 0.15) is 27.2 Å². The van der Waals surface area contributed by atoms with Crippen LogP contribution in [0.2, 0.25) is 0 Å². The Morgan fingerprint density at radius 3 is 2.55 bits per heavy atom. The highest BCUT2D eigenvalue weighted by Gasteiger charge is 2.18. The van der Waals surface area contributed by atoms with Gasteiger partial charge >= 0.3 is 0 Å². The lowest BCUT2D eigenvalue weighted by Gasteiger charge is -2.17. The van der Waals surface area contributed by atoms with E-state index in [1.165, 1.54) is 0 Å². The van der Waals surface area contributed by atoms with Gasteiger partial charge in [0.15, 0.2) is 0 Å². The number of aromatic amines is 2. The van der Waals surface area contributed by atoms with Crippen molar-refractivity contribution in [3.63, 3.8) is 0 Å². The summed E-state index contributed by atoms with van der Waals surface area (Å²) < 4.78 is 0. The summed E-state index contributed by atoms with van der Waals surface area (Å²) in [7, 11) is 0. The summed E-state index contributed by atoms with van der Waals surface area (Å²) in [5, 5.41) is 11.6. The van der Waals surface area contributed by atoms with Crippen LogP contribution < -0.4 is 5.32 Å². The summed E-state index contributed by atoms with van der Waals surface area (Å²) >= 11 is 0. The number of fused-ring (bicyclic) bond motifs is 2. The van der Waals surface area contributed by atoms with Gasteiger partial charge in [0.25, 0.3) is 0 Å². The van der Waals surface area contributed by atoms with Gasteiger partial charge in [0.2, 0.25) is 5.91 Å². The zero-order valence-electron chi connectivity index (χ0n) is 21.3. The van der Waals surface area contributed by atoms with Crippen molar-refractivity contribution >= 4 is 33.5 Å². The number of pyridine rings is 4. The van der Waals surface area contributed by atoms with Gasteiger partial charge in [-0.2, -0.15) is 5.10 Å². The van der Waals surface area contributed by atoms with Crippen molar-refractivity contribution in [3.8, 4) is 33.9 Å². The van der Waals surface area contributed by atoms with Gasteiger partial charge in [0.05, 0.1) is 34.5 Å². The second kappa shape index (κ2) is 9.19. The van der Waals surface area contributed by atoms with E-state index < -0.39 is 0 Å². The molecule has 0 fully saturated rings. The molecule has 0 aromatic carbocycles. The van der Waals surface area contributed by atoms with E-state index in [-0.39, 0.29) is 11.3 Å². The number of carbonyl (C=O) groups is 1. The molecule has 188 valence electrons. The number of nitrogens with zero attached hydrogens (tertiary/aromatic N) is 5. The third kappa shape index (κ3) is 4.61. The molecule has 6 aromatic heterocycles. The van der Waals surface area contributed by atoms with E-state index in [9.17, 15) is 4.79 Å². The molecule has 0 aliphatic heterocycles. The topological polar surface area (TPSA) is 125 Å². The van der Waals surface area contributed by atoms with Gasteiger partial charge < -0.3 is 10.3 Å². The molecule has 6 rings (SSSR count). The third-order valence-electron chi connectivity index (χ3n) is 6.17. The van der Waals surface area contributed by atoms with Crippen LogP contribution in [0.5, 0.6) is 0 Å². The maximum atomic E-state index is 12.4. The average molecular weight is 503 g/mol. The van der Waals surface area contributed by atoms with Crippen molar-refractivity contribution in [3.05, 3.63) is 73.4 Å². The highest BCUT2D eigenvalue weighted by atomic mass is 16.1. The van der Waals surface area contributed by atoms with Gasteiger partial charge in [-0.15, -0.1) is 0 Å². The number of amides is 1. The number of rotatable bonds is 5. The molecule has 38 heavy (non-hydrogen) atoms. The van der Waals surface area contributed by atoms with Crippen molar-refractivity contribution < 1.29 is 4.79 Å². The van der Waals surface area contributed by atoms with Crippen LogP contribution in [-0.4, -0.2) is 41.0 Å². The number of hydrogen-bond acceptors (Lipinski definition) is 6. The monoisotopic (exact) mass is 502 g/mol. The average Bonchev–Trinajstić information content (AvgIpc) is 3.51. The zero-order valence-corrected chi connectivity index (χ0v) is 21.3. The molecule has 9 nitrogen and oxygen atoms in total. The first-order chi connectivity index (χ1) is 18.3. The minimum atomic E-state index is -0.100. The molecule has 0 unspecified atom stereocenters. The van der Waals surface area contributed by atoms with E-state index in [0.29, 0.717) is 17.8 Å². The maximum absolute atomic E-state index is 12.4. The Kier molecular flexibility index (Phi) is 5.68. The van der Waals surface area contributed by atoms with Gasteiger partial charge in [0, 0.05) is 53.2 Å². The predicted molar refractivity (Wildman–Crippen MR) is 148 cm³/mol. The number of hydrogen-bond donors (Lipinski definition) is 3. The van der Waals surface area contributed by atoms with E-state index in [1.807, 2.05) is 57.2 Å². The fraction of sp³-hybridized carbons (Fsp3) is 0.172. The van der Waals surface area contributed by atoms with Crippen LogP contribution in [0.25, 0.3) is 55.8 Å². The molecule has 0 atom stereocenters. The minimum Gasteiger partial charge on any atom is -0.353 e. The molecule has 6 aromatic rings. The molecule has 0 aliphatic carbocycles. The van der Waals surface area contributed by atoms with Gasteiger partial charge in [-0.1, -0.05) is 20.8 Å². The Hall–Kier alpha value is -4.92. The first-order valence-electron chi connectivity index (χ1n) is 12.3. The molecule has 3 N–H and O–H groups in total. The molecule has 9 heteroatoms. The molecule has 0 saturated heterocycles. The number of anilines is 1. The number of carbonyl (C=O) groups excluding carboxylic acids is 1. The minimum absolute atomic E-state index is 0.0450. The largest absolute Gasteiger partial charge is 0.353 e. The molecule has 0 saturated carbocycles. The molecule has 0 radical (unpaired) electrons. The van der Waals surface area contributed by atoms with Crippen LogP contribution in [0.15, 0.2) is 73.4 Å². The first kappa shape index (κ1) is 23.5. The molecule has 0 bridgehead atoms. The Morgan fingerprint density at radius 2 is 1.74 bits per heavy atom. The molecule has 0 aliphatic rings. The van der Waals surface area contributed by atoms with Crippen LogP contribution in [0.4, 0.5) is 5.69 Å². The molecule has 1 amide bonds. The Balaban J connectivity index is 1.36. The Labute approximate surface area is 218 Å². The summed E-state index contributed by atoms with van der Waals surface area (Å²) in [6, 6.07) is 13.6. The van der Waals surface area contributed by atoms with E-state index >= 15 is 0 Å². The standard InChI is InChI=1S/C29H26N8O/c1-29(2,3)14-25(38)33-19-12-18(15-31-16-19)21-4-5-23-27(35-21)28(37-36-23)24-13-20-22(34-24)8-11-32-26(20)17-6-9-30-10-7-17/h4-13,15-16,34H,14H2,1-3H3,(H,33,38)(H,36,37). The fourth-order valence-corrected chi connectivity index (χ4v) is 4.50. The van der Waals surface area contributed by atoms with Crippen molar-refractivity contribution in [2.24, 2.45) is 5.41 Å². The van der Waals surface area contributed by atoms with Gasteiger partial charge in [-0.25, -0.2) is 4.98 Å². The molecule has 6 heterocycles. The van der Waals surface area contributed by atoms with Gasteiger partial charge in [-0.05, 0) is 47.9 Å². The van der Waals surface area contributed by atoms with Gasteiger partial charge in [-0.3, -0.25) is 24.8 Å². The summed E-state index contributed by atoms with van der Waals surface area (Å²) in [4.78, 5) is 33.9. The van der Waals surface area contributed by atoms with Crippen molar-refractivity contribution in [1.29, 1.82) is 0 Å². The normalized spacial score (nSPS) is 11.8. The van der Waals surface area contributed by atoms with Crippen molar-refractivity contribution in [1.82, 2.24) is 35.1 Å². The van der Waals surface area contributed by atoms with Crippen LogP contribution in [0, 0.1) is 5.41 Å². The van der Waals surface area contributed by atoms with E-state index in [4.69, 9.17) is 4.98 Å². The number of aromatic nitrogens is 7. The SMILES string of the molecule is CC(C)(C)CC(=O)Nc1cncc(-c2ccc3[nH]nc(-c4cc5c(-c6ccncc6)nccc5[nH]4)c3n2)c1. The van der Waals surface area contributed by atoms with Gasteiger partial charge in [0.1, 0.15) is 11.2 Å². The smallest absolute Gasteiger partial charge is 0.224 e. The molecule has 0 spiro atoms. The first-order valence-corrected chi connectivity index (χ1v) is 12.3. The van der Waals surface area contributed by atoms with Crippen LogP contribution >= 0.6 is 0 Å². The number of H-pyrrole nitrogens is 2. The molecular weight excluding hydrogens is 476 g/mol. The van der Waals surface area contributed by atoms with E-state index in [0.717, 1.165) is 50.1 Å². The lowest BCUT2D eigenvalue weighted by molar-refractivity contribution is -0.117. The second-order valence-electron chi connectivity index (χ2n) is 10.5. The van der Waals surface area contributed by atoms with Crippen LogP contribution in [0.3, 0.4) is 0 Å². The maximum Gasteiger partial charge on any atom is 0.224 e. The van der Waals surface area contributed by atoms with Crippen molar-refractivity contribution in [2.45, 2.75) is 27.2 Å². The predicted octanol–water partition coefficient (Wildman–Crippen LogP) is 6.00. The number of nitrogens with one attached hydrogen (secondary N) is 3. The van der Waals surface area contributed by atoms with Crippen molar-refractivity contribution in [2.75, 3.05) is 5.32 Å². The Bertz CT molecular complexity index is 1780. The lowest BCUT2D eigenvalue weighted by atomic mass is 9.92. The summed E-state index contributed by atoms with van der Waals surface area (Å²) in [5.74, 6) is -0.0450. The second-order valence-corrected chi connectivity index (χ2v) is 10.5. The zero-order chi connectivity index (χ0) is 26.3. The van der Waals surface area contributed by atoms with E-state index in [1.54, 1.807) is 31.0 Å². The Morgan fingerprint density at radius 1 is 0.895 bits per heavy atom. The molecular formula is C29H26N8O. The summed E-state index contributed by atoms with van der Waals surface area (Å²) in [5.41, 5.74) is 7.98. The quantitative estimate of drug-likeness (QED) is 0.265. The fourth-order valence-electron chi connectivity index (χ4n) is 4.50. The van der Waals surface area contributed by atoms with E-state index in [2.05, 4.69) is 41.5 Å². The summed E-state index contributed by atoms with van der Waals surface area (Å²) in [6.07, 6.45) is 9.11. The highest BCUT2D eigenvalue weighted by molar-refractivity contribution is 5.99. The highest BCUT2D eigenvalue weighted by Crippen LogP contribution is 2.33.